The first-order valence-corrected chi connectivity index (χ1v) is 10.2. The molecule has 1 saturated heterocycles. The van der Waals surface area contributed by atoms with Crippen molar-refractivity contribution in [3.63, 3.8) is 0 Å². The van der Waals surface area contributed by atoms with E-state index in [-0.39, 0.29) is 22.9 Å². The first-order chi connectivity index (χ1) is 13.6. The molecule has 0 spiro atoms. The van der Waals surface area contributed by atoms with E-state index in [0.29, 0.717) is 23.1 Å². The third kappa shape index (κ3) is 3.53. The lowest BCUT2D eigenvalue weighted by Crippen LogP contribution is -2.47. The van der Waals surface area contributed by atoms with Crippen molar-refractivity contribution in [2.75, 3.05) is 12.5 Å². The number of hydrogen-bond donors (Lipinski definition) is 0. The number of rotatable bonds is 3. The zero-order chi connectivity index (χ0) is 19.7. The Morgan fingerprint density at radius 3 is 2.71 bits per heavy atom. The standard InChI is InChI=1S/C21H17ClFN3OS/c22-17-7-4-8-18(23)20(17)15-9-19(27)26-12-25(11-14-5-2-1-3-6-14)13-28-21(26)16(15)10-24/h1-8,15H,9,11-13H2/t15-/m0/s1. The summed E-state index contributed by atoms with van der Waals surface area (Å²) in [5, 5.41) is 10.7. The molecule has 0 aliphatic carbocycles. The molecule has 1 fully saturated rings. The summed E-state index contributed by atoms with van der Waals surface area (Å²) in [5.41, 5.74) is 1.81. The number of nitrogens with zero attached hydrogens (tertiary/aromatic N) is 3. The summed E-state index contributed by atoms with van der Waals surface area (Å²) in [4.78, 5) is 16.7. The minimum Gasteiger partial charge on any atom is -0.292 e. The SMILES string of the molecule is N#CC1=C2SCN(Cc3ccccc3)CN2C(=O)C[C@@H]1c1c(F)cccc1Cl. The quantitative estimate of drug-likeness (QED) is 0.732. The van der Waals surface area contributed by atoms with Gasteiger partial charge in [0.1, 0.15) is 5.82 Å². The third-order valence-corrected chi connectivity index (χ3v) is 6.48. The van der Waals surface area contributed by atoms with E-state index in [1.807, 2.05) is 30.3 Å². The van der Waals surface area contributed by atoms with Crippen LogP contribution in [0, 0.1) is 17.1 Å². The van der Waals surface area contributed by atoms with Gasteiger partial charge in [0.2, 0.25) is 5.91 Å². The van der Waals surface area contributed by atoms with E-state index in [4.69, 9.17) is 11.6 Å². The van der Waals surface area contributed by atoms with Crippen LogP contribution in [0.5, 0.6) is 0 Å². The zero-order valence-corrected chi connectivity index (χ0v) is 16.5. The van der Waals surface area contributed by atoms with E-state index in [1.165, 1.54) is 23.9 Å². The number of thioether (sulfide) groups is 1. The van der Waals surface area contributed by atoms with Gasteiger partial charge >= 0.3 is 0 Å². The number of allylic oxidation sites excluding steroid dienone is 1. The van der Waals surface area contributed by atoms with Gasteiger partial charge in [0.25, 0.3) is 0 Å². The lowest BCUT2D eigenvalue weighted by molar-refractivity contribution is -0.131. The van der Waals surface area contributed by atoms with Gasteiger partial charge in [0, 0.05) is 29.5 Å². The molecule has 4 nitrogen and oxygen atoms in total. The van der Waals surface area contributed by atoms with Crippen molar-refractivity contribution in [2.24, 2.45) is 0 Å². The van der Waals surface area contributed by atoms with Gasteiger partial charge in [-0.25, -0.2) is 4.39 Å². The van der Waals surface area contributed by atoms with Gasteiger partial charge in [-0.1, -0.05) is 59.8 Å². The number of carbonyl (C=O) groups excluding carboxylic acids is 1. The van der Waals surface area contributed by atoms with Crippen LogP contribution in [0.1, 0.15) is 23.5 Å². The molecular weight excluding hydrogens is 397 g/mol. The van der Waals surface area contributed by atoms with Crippen LogP contribution in [0.15, 0.2) is 59.1 Å². The highest BCUT2D eigenvalue weighted by Gasteiger charge is 2.39. The fourth-order valence-corrected chi connectivity index (χ4v) is 5.07. The van der Waals surface area contributed by atoms with Crippen molar-refractivity contribution in [1.29, 1.82) is 5.26 Å². The van der Waals surface area contributed by atoms with Crippen LogP contribution in [0.3, 0.4) is 0 Å². The molecule has 2 aliphatic rings. The first-order valence-electron chi connectivity index (χ1n) is 8.86. The van der Waals surface area contributed by atoms with Crippen LogP contribution in [0.4, 0.5) is 4.39 Å². The minimum atomic E-state index is -0.648. The Labute approximate surface area is 172 Å². The Balaban J connectivity index is 1.64. The Hall–Kier alpha value is -2.33. The molecule has 2 aliphatic heterocycles. The van der Waals surface area contributed by atoms with Gasteiger partial charge in [-0.3, -0.25) is 14.6 Å². The Morgan fingerprint density at radius 1 is 1.21 bits per heavy atom. The van der Waals surface area contributed by atoms with E-state index < -0.39 is 11.7 Å². The second-order valence-corrected chi connectivity index (χ2v) is 8.11. The molecule has 7 heteroatoms. The predicted octanol–water partition coefficient (Wildman–Crippen LogP) is 4.69. The summed E-state index contributed by atoms with van der Waals surface area (Å²) in [6.45, 7) is 1.13. The summed E-state index contributed by atoms with van der Waals surface area (Å²) < 4.78 is 14.4. The molecule has 142 valence electrons. The van der Waals surface area contributed by atoms with Crippen molar-refractivity contribution in [3.8, 4) is 6.07 Å². The largest absolute Gasteiger partial charge is 0.292 e. The van der Waals surface area contributed by atoms with Crippen molar-refractivity contribution in [1.82, 2.24) is 9.80 Å². The summed E-state index contributed by atoms with van der Waals surface area (Å²) in [6.07, 6.45) is 0.0345. The van der Waals surface area contributed by atoms with E-state index >= 15 is 0 Å². The molecule has 28 heavy (non-hydrogen) atoms. The normalized spacial score (nSPS) is 20.1. The highest BCUT2D eigenvalue weighted by atomic mass is 35.5. The minimum absolute atomic E-state index is 0.0345. The Bertz CT molecular complexity index is 969. The Kier molecular flexibility index (Phi) is 5.40. The number of carbonyl (C=O) groups is 1. The number of benzene rings is 2. The van der Waals surface area contributed by atoms with Crippen LogP contribution < -0.4 is 0 Å². The molecule has 4 rings (SSSR count). The van der Waals surface area contributed by atoms with E-state index in [2.05, 4.69) is 11.0 Å². The van der Waals surface area contributed by atoms with Gasteiger partial charge in [-0.2, -0.15) is 5.26 Å². The first kappa shape index (κ1) is 19.0. The highest BCUT2D eigenvalue weighted by molar-refractivity contribution is 8.03. The van der Waals surface area contributed by atoms with Gasteiger partial charge in [0.15, 0.2) is 0 Å². The average Bonchev–Trinajstić information content (AvgIpc) is 2.69. The maximum atomic E-state index is 14.4. The summed E-state index contributed by atoms with van der Waals surface area (Å²) >= 11 is 7.65. The predicted molar refractivity (Wildman–Crippen MR) is 108 cm³/mol. The maximum absolute atomic E-state index is 14.4. The molecule has 2 heterocycles. The van der Waals surface area contributed by atoms with Crippen molar-refractivity contribution >= 4 is 29.3 Å². The molecule has 0 radical (unpaired) electrons. The average molecular weight is 414 g/mol. The molecule has 0 unspecified atom stereocenters. The molecular formula is C21H17ClFN3OS. The number of halogens is 2. The second-order valence-electron chi connectivity index (χ2n) is 6.77. The topological polar surface area (TPSA) is 47.3 Å². The van der Waals surface area contributed by atoms with Crippen molar-refractivity contribution < 1.29 is 9.18 Å². The molecule has 2 aromatic carbocycles. The van der Waals surface area contributed by atoms with E-state index in [0.717, 1.165) is 12.1 Å². The molecule has 0 saturated carbocycles. The summed E-state index contributed by atoms with van der Waals surface area (Å²) in [5.74, 6) is -0.607. The van der Waals surface area contributed by atoms with Crippen LogP contribution in [-0.4, -0.2) is 28.3 Å². The smallest absolute Gasteiger partial charge is 0.229 e. The van der Waals surface area contributed by atoms with E-state index in [1.54, 1.807) is 11.0 Å². The fourth-order valence-electron chi connectivity index (χ4n) is 3.64. The number of hydrogen-bond acceptors (Lipinski definition) is 4. The lowest BCUT2D eigenvalue weighted by Gasteiger charge is -2.41. The third-order valence-electron chi connectivity index (χ3n) is 4.95. The van der Waals surface area contributed by atoms with Gasteiger partial charge in [-0.05, 0) is 17.7 Å². The van der Waals surface area contributed by atoms with Gasteiger partial charge in [0.05, 0.1) is 29.2 Å². The van der Waals surface area contributed by atoms with Crippen LogP contribution >= 0.6 is 23.4 Å². The van der Waals surface area contributed by atoms with Gasteiger partial charge < -0.3 is 0 Å². The fraction of sp³-hybridized carbons (Fsp3) is 0.238. The van der Waals surface area contributed by atoms with Crippen molar-refractivity contribution in [3.05, 3.63) is 81.1 Å². The number of nitriles is 1. The lowest BCUT2D eigenvalue weighted by atomic mass is 9.86. The summed E-state index contributed by atoms with van der Waals surface area (Å²) in [7, 11) is 0. The van der Waals surface area contributed by atoms with Gasteiger partial charge in [-0.15, -0.1) is 0 Å². The van der Waals surface area contributed by atoms with Crippen LogP contribution in [0.2, 0.25) is 5.02 Å². The maximum Gasteiger partial charge on any atom is 0.229 e. The van der Waals surface area contributed by atoms with E-state index in [9.17, 15) is 14.4 Å². The molecule has 0 bridgehead atoms. The molecule has 1 amide bonds. The van der Waals surface area contributed by atoms with Crippen molar-refractivity contribution in [2.45, 2.75) is 18.9 Å². The molecule has 2 aromatic rings. The number of amides is 1. The number of fused-ring (bicyclic) bond motifs is 1. The highest BCUT2D eigenvalue weighted by Crippen LogP contribution is 2.44. The van der Waals surface area contributed by atoms with Crippen LogP contribution in [-0.2, 0) is 11.3 Å². The summed E-state index contributed by atoms with van der Waals surface area (Å²) in [6, 6.07) is 16.7. The monoisotopic (exact) mass is 413 g/mol. The Morgan fingerprint density at radius 2 is 2.00 bits per heavy atom. The molecule has 0 N–H and O–H groups in total. The zero-order valence-electron chi connectivity index (χ0n) is 14.9. The molecule has 1 atom stereocenters. The van der Waals surface area contributed by atoms with Crippen LogP contribution in [0.25, 0.3) is 0 Å². The molecule has 0 aromatic heterocycles. The second kappa shape index (κ2) is 7.96.